The largest absolute Gasteiger partial charge is 0.330 e. The molecule has 0 atom stereocenters. The first-order chi connectivity index (χ1) is 7.88. The van der Waals surface area contributed by atoms with Crippen molar-refractivity contribution < 1.29 is 0 Å². The molecular formula is C11H14N4S. The Bertz CT molecular complexity index is 427. The zero-order chi connectivity index (χ0) is 11.2. The fraction of sp³-hybridized carbons (Fsp3) is 0.273. The second kappa shape index (κ2) is 5.67. The molecule has 0 aliphatic heterocycles. The lowest BCUT2D eigenvalue weighted by molar-refractivity contribution is 0.874. The maximum Gasteiger partial charge on any atom is 0.151 e. The molecule has 0 saturated heterocycles. The molecule has 1 aromatic carbocycles. The Balaban J connectivity index is 1.89. The molecule has 0 bridgehead atoms. The summed E-state index contributed by atoms with van der Waals surface area (Å²) in [4.78, 5) is 5.58. The fourth-order valence-corrected chi connectivity index (χ4v) is 2.09. The summed E-state index contributed by atoms with van der Waals surface area (Å²) in [5.74, 6) is 2.50. The number of rotatable bonds is 5. The first-order valence-corrected chi connectivity index (χ1v) is 6.15. The van der Waals surface area contributed by atoms with Crippen LogP contribution < -0.4 is 5.73 Å². The van der Waals surface area contributed by atoms with Crippen LogP contribution >= 0.6 is 11.8 Å². The highest BCUT2D eigenvalue weighted by atomic mass is 32.2. The van der Waals surface area contributed by atoms with Gasteiger partial charge in [0.25, 0.3) is 0 Å². The van der Waals surface area contributed by atoms with E-state index in [9.17, 15) is 0 Å². The SMILES string of the molecule is NCCc1n[nH]c(CSc2ccccc2)n1. The van der Waals surface area contributed by atoms with E-state index in [4.69, 9.17) is 5.73 Å². The highest BCUT2D eigenvalue weighted by molar-refractivity contribution is 7.98. The quantitative estimate of drug-likeness (QED) is 0.771. The molecule has 5 heteroatoms. The van der Waals surface area contributed by atoms with Crippen molar-refractivity contribution in [3.8, 4) is 0 Å². The van der Waals surface area contributed by atoms with Crippen molar-refractivity contribution in [1.82, 2.24) is 15.2 Å². The maximum absolute atomic E-state index is 5.44. The molecule has 4 nitrogen and oxygen atoms in total. The molecule has 0 spiro atoms. The van der Waals surface area contributed by atoms with Gasteiger partial charge in [0, 0.05) is 11.3 Å². The van der Waals surface area contributed by atoms with Gasteiger partial charge in [-0.2, -0.15) is 5.10 Å². The van der Waals surface area contributed by atoms with E-state index in [1.807, 2.05) is 18.2 Å². The standard InChI is InChI=1S/C11H14N4S/c12-7-6-10-13-11(15-14-10)8-16-9-4-2-1-3-5-9/h1-5H,6-8,12H2,(H,13,14,15). The third kappa shape index (κ3) is 3.08. The monoisotopic (exact) mass is 234 g/mol. The number of hydrogen-bond donors (Lipinski definition) is 2. The number of nitrogens with two attached hydrogens (primary N) is 1. The van der Waals surface area contributed by atoms with E-state index in [1.165, 1.54) is 4.90 Å². The summed E-state index contributed by atoms with van der Waals surface area (Å²) >= 11 is 1.74. The first-order valence-electron chi connectivity index (χ1n) is 5.16. The topological polar surface area (TPSA) is 67.6 Å². The van der Waals surface area contributed by atoms with Crippen LogP contribution in [-0.4, -0.2) is 21.7 Å². The number of thioether (sulfide) groups is 1. The van der Waals surface area contributed by atoms with Crippen molar-refractivity contribution in [3.05, 3.63) is 42.0 Å². The molecule has 0 radical (unpaired) electrons. The summed E-state index contributed by atoms with van der Waals surface area (Å²) in [5.41, 5.74) is 5.44. The van der Waals surface area contributed by atoms with Gasteiger partial charge >= 0.3 is 0 Å². The molecular weight excluding hydrogens is 220 g/mol. The van der Waals surface area contributed by atoms with Gasteiger partial charge in [-0.1, -0.05) is 18.2 Å². The molecule has 1 aromatic heterocycles. The van der Waals surface area contributed by atoms with E-state index < -0.39 is 0 Å². The van der Waals surface area contributed by atoms with Crippen molar-refractivity contribution in [2.45, 2.75) is 17.1 Å². The Morgan fingerprint density at radius 3 is 2.81 bits per heavy atom. The smallest absolute Gasteiger partial charge is 0.151 e. The lowest BCUT2D eigenvalue weighted by Crippen LogP contribution is -2.03. The summed E-state index contributed by atoms with van der Waals surface area (Å²) in [7, 11) is 0. The number of aromatic nitrogens is 3. The second-order valence-electron chi connectivity index (χ2n) is 3.34. The van der Waals surface area contributed by atoms with Gasteiger partial charge in [0.2, 0.25) is 0 Å². The zero-order valence-electron chi connectivity index (χ0n) is 8.89. The van der Waals surface area contributed by atoms with Crippen LogP contribution in [0, 0.1) is 0 Å². The number of benzene rings is 1. The summed E-state index contributed by atoms with van der Waals surface area (Å²) < 4.78 is 0. The van der Waals surface area contributed by atoms with E-state index in [2.05, 4.69) is 27.3 Å². The molecule has 0 amide bonds. The van der Waals surface area contributed by atoms with Crippen LogP contribution in [0.15, 0.2) is 35.2 Å². The fourth-order valence-electron chi connectivity index (χ4n) is 1.31. The molecule has 0 aliphatic carbocycles. The number of nitrogens with zero attached hydrogens (tertiary/aromatic N) is 2. The van der Waals surface area contributed by atoms with Gasteiger partial charge in [0.15, 0.2) is 5.82 Å². The number of nitrogens with one attached hydrogen (secondary N) is 1. The Kier molecular flexibility index (Phi) is 3.96. The number of hydrogen-bond acceptors (Lipinski definition) is 4. The van der Waals surface area contributed by atoms with Crippen molar-refractivity contribution in [3.63, 3.8) is 0 Å². The van der Waals surface area contributed by atoms with Crippen LogP contribution in [0.1, 0.15) is 11.6 Å². The molecule has 0 unspecified atom stereocenters. The second-order valence-corrected chi connectivity index (χ2v) is 4.39. The molecule has 0 fully saturated rings. The van der Waals surface area contributed by atoms with Crippen molar-refractivity contribution in [2.24, 2.45) is 5.73 Å². The molecule has 0 aliphatic rings. The number of aromatic amines is 1. The average molecular weight is 234 g/mol. The van der Waals surface area contributed by atoms with E-state index in [1.54, 1.807) is 11.8 Å². The van der Waals surface area contributed by atoms with Gasteiger partial charge in [0.1, 0.15) is 5.82 Å². The lowest BCUT2D eigenvalue weighted by Gasteiger charge is -1.97. The summed E-state index contributed by atoms with van der Waals surface area (Å²) in [6.45, 7) is 0.586. The Morgan fingerprint density at radius 2 is 2.06 bits per heavy atom. The van der Waals surface area contributed by atoms with Gasteiger partial charge in [-0.25, -0.2) is 4.98 Å². The summed E-state index contributed by atoms with van der Waals surface area (Å²) in [6, 6.07) is 10.2. The minimum atomic E-state index is 0.586. The molecule has 0 saturated carbocycles. The predicted molar refractivity (Wildman–Crippen MR) is 65.1 cm³/mol. The lowest BCUT2D eigenvalue weighted by atomic mass is 10.4. The van der Waals surface area contributed by atoms with Crippen LogP contribution in [-0.2, 0) is 12.2 Å². The van der Waals surface area contributed by atoms with Crippen LogP contribution in [0.25, 0.3) is 0 Å². The van der Waals surface area contributed by atoms with Crippen LogP contribution in [0.2, 0.25) is 0 Å². The molecule has 3 N–H and O–H groups in total. The minimum absolute atomic E-state index is 0.586. The van der Waals surface area contributed by atoms with Gasteiger partial charge in [-0.05, 0) is 18.7 Å². The minimum Gasteiger partial charge on any atom is -0.330 e. The zero-order valence-corrected chi connectivity index (χ0v) is 9.70. The average Bonchev–Trinajstić information content (AvgIpc) is 2.76. The van der Waals surface area contributed by atoms with E-state index in [-0.39, 0.29) is 0 Å². The predicted octanol–water partition coefficient (Wildman–Crippen LogP) is 1.60. The number of H-pyrrole nitrogens is 1. The molecule has 16 heavy (non-hydrogen) atoms. The Labute approximate surface area is 98.7 Å². The van der Waals surface area contributed by atoms with Crippen LogP contribution in [0.4, 0.5) is 0 Å². The van der Waals surface area contributed by atoms with Crippen LogP contribution in [0.5, 0.6) is 0 Å². The van der Waals surface area contributed by atoms with Crippen molar-refractivity contribution in [1.29, 1.82) is 0 Å². The highest BCUT2D eigenvalue weighted by Crippen LogP contribution is 2.20. The van der Waals surface area contributed by atoms with Gasteiger partial charge in [-0.3, -0.25) is 5.10 Å². The van der Waals surface area contributed by atoms with E-state index in [0.717, 1.165) is 23.8 Å². The molecule has 2 aromatic rings. The third-order valence-electron chi connectivity index (χ3n) is 2.06. The molecule has 1 heterocycles. The molecule has 84 valence electrons. The Hall–Kier alpha value is -1.33. The summed E-state index contributed by atoms with van der Waals surface area (Å²) in [6.07, 6.45) is 0.729. The highest BCUT2D eigenvalue weighted by Gasteiger charge is 2.02. The van der Waals surface area contributed by atoms with Crippen LogP contribution in [0.3, 0.4) is 0 Å². The summed E-state index contributed by atoms with van der Waals surface area (Å²) in [5, 5.41) is 7.01. The van der Waals surface area contributed by atoms with Crippen molar-refractivity contribution in [2.75, 3.05) is 6.54 Å². The van der Waals surface area contributed by atoms with Gasteiger partial charge < -0.3 is 5.73 Å². The third-order valence-corrected chi connectivity index (χ3v) is 3.09. The van der Waals surface area contributed by atoms with Gasteiger partial charge in [0.05, 0.1) is 5.75 Å². The van der Waals surface area contributed by atoms with Crippen molar-refractivity contribution >= 4 is 11.8 Å². The Morgan fingerprint density at radius 1 is 1.25 bits per heavy atom. The maximum atomic E-state index is 5.44. The van der Waals surface area contributed by atoms with E-state index in [0.29, 0.717) is 6.54 Å². The first kappa shape index (κ1) is 11.2. The normalized spacial score (nSPS) is 10.6. The van der Waals surface area contributed by atoms with Gasteiger partial charge in [-0.15, -0.1) is 11.8 Å². The van der Waals surface area contributed by atoms with E-state index >= 15 is 0 Å². The molecule has 2 rings (SSSR count).